The Balaban J connectivity index is 1.42. The molecule has 1 aromatic heterocycles. The lowest BCUT2D eigenvalue weighted by atomic mass is 9.73. The lowest BCUT2D eigenvalue weighted by Gasteiger charge is -2.42. The van der Waals surface area contributed by atoms with Gasteiger partial charge in [-0.3, -0.25) is 0 Å². The summed E-state index contributed by atoms with van der Waals surface area (Å²) in [7, 11) is 0. The summed E-state index contributed by atoms with van der Waals surface area (Å²) in [5.74, 6) is 0. The first kappa shape index (κ1) is 21.8. The second-order valence-electron chi connectivity index (χ2n) is 9.66. The van der Waals surface area contributed by atoms with Crippen molar-refractivity contribution in [3.8, 4) is 28.3 Å². The third-order valence-corrected chi connectivity index (χ3v) is 7.17. The molecule has 1 aliphatic rings. The van der Waals surface area contributed by atoms with Crippen LogP contribution in [0.4, 0.5) is 17.1 Å². The highest BCUT2D eigenvalue weighted by molar-refractivity contribution is 5.87. The lowest BCUT2D eigenvalue weighted by molar-refractivity contribution is 0.632. The topological polar surface area (TPSA) is 39.9 Å². The van der Waals surface area contributed by atoms with Gasteiger partial charge in [-0.05, 0) is 69.8 Å². The third kappa shape index (κ3) is 3.56. The summed E-state index contributed by atoms with van der Waals surface area (Å²) in [5, 5.41) is 9.17. The maximum atomic E-state index is 9.17. The van der Waals surface area contributed by atoms with Gasteiger partial charge >= 0.3 is 0 Å². The summed E-state index contributed by atoms with van der Waals surface area (Å²) in [6, 6.07) is 40.5. The predicted octanol–water partition coefficient (Wildman–Crippen LogP) is 8.40. The largest absolute Gasteiger partial charge is 0.310 e. The van der Waals surface area contributed by atoms with Gasteiger partial charge < -0.3 is 4.90 Å². The van der Waals surface area contributed by atoms with E-state index in [1.54, 1.807) is 6.20 Å². The lowest BCUT2D eigenvalue weighted by Crippen LogP contribution is -2.30. The molecule has 0 bridgehead atoms. The highest BCUT2D eigenvalue weighted by Gasteiger charge is 2.36. The molecule has 0 fully saturated rings. The van der Waals surface area contributed by atoms with Gasteiger partial charge in [0, 0.05) is 17.3 Å². The molecule has 2 heterocycles. The molecule has 0 aliphatic carbocycles. The molecule has 3 heteroatoms. The number of anilines is 3. The average Bonchev–Trinajstić information content (AvgIpc) is 2.94. The minimum atomic E-state index is -0.0739. The number of aromatic nitrogens is 1. The Labute approximate surface area is 211 Å². The normalized spacial score (nSPS) is 13.4. The third-order valence-electron chi connectivity index (χ3n) is 7.17. The van der Waals surface area contributed by atoms with Gasteiger partial charge in [0.15, 0.2) is 0 Å². The van der Waals surface area contributed by atoms with Crippen molar-refractivity contribution in [2.45, 2.75) is 19.3 Å². The number of rotatable bonds is 3. The maximum absolute atomic E-state index is 9.17. The molecule has 0 spiro atoms. The first-order valence-electron chi connectivity index (χ1n) is 12.1. The van der Waals surface area contributed by atoms with Crippen molar-refractivity contribution in [3.05, 3.63) is 132 Å². The second-order valence-corrected chi connectivity index (χ2v) is 9.66. The first-order valence-corrected chi connectivity index (χ1v) is 12.1. The maximum Gasteiger partial charge on any atom is 0.141 e. The molecule has 0 amide bonds. The number of hydrogen-bond donors (Lipinski definition) is 0. The van der Waals surface area contributed by atoms with E-state index in [4.69, 9.17) is 5.26 Å². The van der Waals surface area contributed by atoms with Crippen molar-refractivity contribution < 1.29 is 0 Å². The molecule has 0 atom stereocenters. The van der Waals surface area contributed by atoms with Crippen LogP contribution in [-0.4, -0.2) is 4.98 Å². The summed E-state index contributed by atoms with van der Waals surface area (Å²) in [6.07, 6.45) is 1.68. The van der Waals surface area contributed by atoms with Crippen LogP contribution in [0.2, 0.25) is 0 Å². The van der Waals surface area contributed by atoms with E-state index in [1.165, 1.54) is 22.5 Å². The summed E-state index contributed by atoms with van der Waals surface area (Å²) >= 11 is 0. The number of nitriles is 1. The molecule has 1 aliphatic heterocycles. The number of fused-ring (bicyclic) bond motifs is 2. The zero-order valence-corrected chi connectivity index (χ0v) is 20.3. The van der Waals surface area contributed by atoms with Crippen molar-refractivity contribution in [2.75, 3.05) is 4.90 Å². The molecular weight excluding hydrogens is 438 g/mol. The molecule has 6 rings (SSSR count). The zero-order valence-electron chi connectivity index (χ0n) is 20.3. The van der Waals surface area contributed by atoms with Crippen LogP contribution in [0.5, 0.6) is 0 Å². The molecule has 3 nitrogen and oxygen atoms in total. The van der Waals surface area contributed by atoms with Gasteiger partial charge in [-0.2, -0.15) is 5.26 Å². The second kappa shape index (κ2) is 8.52. The van der Waals surface area contributed by atoms with Gasteiger partial charge in [-0.1, -0.05) is 86.6 Å². The Morgan fingerprint density at radius 1 is 0.639 bits per heavy atom. The fourth-order valence-corrected chi connectivity index (χ4v) is 5.30. The SMILES string of the molecule is CC1(C)c2ccccc2N(c2cccc(-c3ccc(-c4ccnc(C#N)c4)cc3)c2)c2ccccc21. The van der Waals surface area contributed by atoms with E-state index < -0.39 is 0 Å². The van der Waals surface area contributed by atoms with E-state index in [0.29, 0.717) is 5.69 Å². The van der Waals surface area contributed by atoms with Crippen LogP contribution in [0.25, 0.3) is 22.3 Å². The van der Waals surface area contributed by atoms with Crippen LogP contribution < -0.4 is 4.90 Å². The van der Waals surface area contributed by atoms with Crippen molar-refractivity contribution in [3.63, 3.8) is 0 Å². The van der Waals surface area contributed by atoms with Crippen molar-refractivity contribution in [1.82, 2.24) is 4.98 Å². The van der Waals surface area contributed by atoms with Crippen LogP contribution in [0.15, 0.2) is 115 Å². The van der Waals surface area contributed by atoms with Crippen LogP contribution in [0, 0.1) is 11.3 Å². The molecule has 4 aromatic carbocycles. The fourth-order valence-electron chi connectivity index (χ4n) is 5.30. The van der Waals surface area contributed by atoms with Gasteiger partial charge in [0.25, 0.3) is 0 Å². The van der Waals surface area contributed by atoms with Gasteiger partial charge in [0.1, 0.15) is 11.8 Å². The van der Waals surface area contributed by atoms with E-state index in [9.17, 15) is 0 Å². The highest BCUT2D eigenvalue weighted by Crippen LogP contribution is 2.51. The van der Waals surface area contributed by atoms with Gasteiger partial charge in [0.2, 0.25) is 0 Å². The van der Waals surface area contributed by atoms with Crippen LogP contribution in [0.1, 0.15) is 30.7 Å². The number of benzene rings is 4. The van der Waals surface area contributed by atoms with E-state index in [1.807, 2.05) is 12.1 Å². The number of para-hydroxylation sites is 2. The van der Waals surface area contributed by atoms with Crippen LogP contribution in [0.3, 0.4) is 0 Å². The summed E-state index contributed by atoms with van der Waals surface area (Å²) in [4.78, 5) is 6.46. The minimum Gasteiger partial charge on any atom is -0.310 e. The van der Waals surface area contributed by atoms with Crippen LogP contribution in [-0.2, 0) is 5.41 Å². The Bertz CT molecular complexity index is 1570. The van der Waals surface area contributed by atoms with E-state index >= 15 is 0 Å². The standard InChI is InChI=1S/C33H25N3/c1-33(2)29-10-3-5-12-31(29)36(32-13-6-4-11-30(32)33)28-9-7-8-25(21-28)23-14-16-24(17-15-23)26-18-19-35-27(20-26)22-34/h3-21H,1-2H3. The molecule has 0 saturated heterocycles. The minimum absolute atomic E-state index is 0.0739. The van der Waals surface area contributed by atoms with Crippen LogP contribution >= 0.6 is 0 Å². The van der Waals surface area contributed by atoms with Crippen molar-refractivity contribution >= 4 is 17.1 Å². The first-order chi connectivity index (χ1) is 17.6. The molecule has 0 saturated carbocycles. The molecular formula is C33H25N3. The van der Waals surface area contributed by atoms with Crippen molar-refractivity contribution in [2.24, 2.45) is 0 Å². The monoisotopic (exact) mass is 463 g/mol. The number of nitrogens with zero attached hydrogens (tertiary/aromatic N) is 3. The fraction of sp³-hybridized carbons (Fsp3) is 0.0909. The summed E-state index contributed by atoms with van der Waals surface area (Å²) in [6.45, 7) is 4.62. The zero-order chi connectivity index (χ0) is 24.7. The van der Waals surface area contributed by atoms with Crippen molar-refractivity contribution in [1.29, 1.82) is 5.26 Å². The molecule has 0 N–H and O–H groups in total. The average molecular weight is 464 g/mol. The summed E-state index contributed by atoms with van der Waals surface area (Å²) < 4.78 is 0. The molecule has 0 unspecified atom stereocenters. The van der Waals surface area contributed by atoms with E-state index in [2.05, 4.69) is 127 Å². The number of pyridine rings is 1. The smallest absolute Gasteiger partial charge is 0.141 e. The van der Waals surface area contributed by atoms with Gasteiger partial charge in [-0.15, -0.1) is 0 Å². The van der Waals surface area contributed by atoms with E-state index in [0.717, 1.165) is 27.9 Å². The molecule has 172 valence electrons. The van der Waals surface area contributed by atoms with E-state index in [-0.39, 0.29) is 5.41 Å². The Morgan fingerprint density at radius 2 is 1.22 bits per heavy atom. The Kier molecular flexibility index (Phi) is 5.16. The highest BCUT2D eigenvalue weighted by atomic mass is 15.2. The number of hydrogen-bond acceptors (Lipinski definition) is 3. The molecule has 0 radical (unpaired) electrons. The molecule has 36 heavy (non-hydrogen) atoms. The van der Waals surface area contributed by atoms with Gasteiger partial charge in [0.05, 0.1) is 11.4 Å². The Morgan fingerprint density at radius 3 is 1.83 bits per heavy atom. The van der Waals surface area contributed by atoms with Gasteiger partial charge in [-0.25, -0.2) is 4.98 Å². The molecule has 5 aromatic rings. The Hall–Kier alpha value is -4.68. The quantitative estimate of drug-likeness (QED) is 0.270. The summed E-state index contributed by atoms with van der Waals surface area (Å²) in [5.41, 5.74) is 10.9. The predicted molar refractivity (Wildman–Crippen MR) is 147 cm³/mol.